The van der Waals surface area contributed by atoms with Gasteiger partial charge in [0.15, 0.2) is 0 Å². The molecule has 1 aliphatic carbocycles. The van der Waals surface area contributed by atoms with E-state index in [0.29, 0.717) is 17.2 Å². The van der Waals surface area contributed by atoms with Crippen molar-refractivity contribution in [2.24, 2.45) is 0 Å². The van der Waals surface area contributed by atoms with Crippen LogP contribution < -0.4 is 0 Å². The Hall–Kier alpha value is -2.42. The van der Waals surface area contributed by atoms with Gasteiger partial charge in [-0.2, -0.15) is 17.6 Å². The van der Waals surface area contributed by atoms with Crippen LogP contribution in [0.4, 0.5) is 4.79 Å². The average molecular weight is 390 g/mol. The minimum Gasteiger partial charge on any atom is -0.444 e. The summed E-state index contributed by atoms with van der Waals surface area (Å²) >= 11 is 0. The fourth-order valence-corrected chi connectivity index (χ4v) is 4.09. The smallest absolute Gasteiger partial charge is 0.410 e. The second kappa shape index (κ2) is 6.05. The van der Waals surface area contributed by atoms with Crippen molar-refractivity contribution in [2.45, 2.75) is 63.1 Å². The summed E-state index contributed by atoms with van der Waals surface area (Å²) in [5, 5.41) is 4.19. The van der Waals surface area contributed by atoms with Gasteiger partial charge in [0.25, 0.3) is 10.0 Å². The first-order chi connectivity index (χ1) is 12.6. The highest BCUT2D eigenvalue weighted by Gasteiger charge is 2.32. The first-order valence-corrected chi connectivity index (χ1v) is 10.3. The van der Waals surface area contributed by atoms with Crippen LogP contribution in [0.25, 0.3) is 0 Å². The third-order valence-corrected chi connectivity index (χ3v) is 6.03. The zero-order chi connectivity index (χ0) is 19.4. The van der Waals surface area contributed by atoms with E-state index in [1.54, 1.807) is 32.9 Å². The maximum Gasteiger partial charge on any atom is 0.410 e. The van der Waals surface area contributed by atoms with Gasteiger partial charge in [-0.25, -0.2) is 4.79 Å². The van der Waals surface area contributed by atoms with E-state index in [1.165, 1.54) is 17.3 Å². The summed E-state index contributed by atoms with van der Waals surface area (Å²) < 4.78 is 31.9. The molecule has 0 N–H and O–H groups in total. The second-order valence-corrected chi connectivity index (χ2v) is 9.80. The van der Waals surface area contributed by atoms with Crippen molar-refractivity contribution in [2.75, 3.05) is 0 Å². The number of nitrogens with zero attached hydrogens (tertiary/aromatic N) is 4. The van der Waals surface area contributed by atoms with Crippen LogP contribution in [0.1, 0.15) is 56.5 Å². The summed E-state index contributed by atoms with van der Waals surface area (Å²) in [6.07, 6.45) is 4.64. The highest BCUT2D eigenvalue weighted by molar-refractivity contribution is 7.89. The molecule has 4 rings (SSSR count). The molecular weight excluding hydrogens is 368 g/mol. The minimum absolute atomic E-state index is 0.108. The number of amides is 1. The number of pyridine rings is 1. The summed E-state index contributed by atoms with van der Waals surface area (Å²) in [7, 11) is -3.80. The molecule has 27 heavy (non-hydrogen) atoms. The third kappa shape index (κ3) is 3.55. The lowest BCUT2D eigenvalue weighted by Gasteiger charge is -2.24. The normalized spacial score (nSPS) is 17.1. The molecule has 2 aromatic rings. The number of hydrogen-bond acceptors (Lipinski definition) is 6. The van der Waals surface area contributed by atoms with Crippen molar-refractivity contribution in [3.05, 3.63) is 41.5 Å². The molecule has 0 bridgehead atoms. The largest absolute Gasteiger partial charge is 0.444 e. The first kappa shape index (κ1) is 18.0. The Balaban J connectivity index is 1.51. The molecule has 3 heterocycles. The van der Waals surface area contributed by atoms with Crippen LogP contribution in [0.15, 0.2) is 29.4 Å². The van der Waals surface area contributed by atoms with E-state index in [4.69, 9.17) is 4.74 Å². The van der Waals surface area contributed by atoms with E-state index in [-0.39, 0.29) is 18.0 Å². The summed E-state index contributed by atoms with van der Waals surface area (Å²) in [5.74, 6) is 0.467. The molecule has 1 aliphatic heterocycles. The van der Waals surface area contributed by atoms with Gasteiger partial charge in [-0.3, -0.25) is 9.88 Å². The predicted molar refractivity (Wildman–Crippen MR) is 96.5 cm³/mol. The number of rotatable bonds is 3. The molecule has 1 fully saturated rings. The fraction of sp³-hybridized carbons (Fsp3) is 0.500. The van der Waals surface area contributed by atoms with Crippen LogP contribution in [0.3, 0.4) is 0 Å². The molecule has 1 saturated carbocycles. The summed E-state index contributed by atoms with van der Waals surface area (Å²) in [5.41, 5.74) is 1.61. The van der Waals surface area contributed by atoms with Gasteiger partial charge >= 0.3 is 6.09 Å². The molecule has 2 aromatic heterocycles. The van der Waals surface area contributed by atoms with E-state index in [0.717, 1.165) is 22.6 Å². The molecule has 144 valence electrons. The molecule has 0 saturated heterocycles. The lowest BCUT2D eigenvalue weighted by Crippen LogP contribution is -2.33. The van der Waals surface area contributed by atoms with Crippen LogP contribution in [-0.4, -0.2) is 39.2 Å². The van der Waals surface area contributed by atoms with Crippen molar-refractivity contribution in [1.82, 2.24) is 19.1 Å². The second-order valence-electron chi connectivity index (χ2n) is 8.01. The summed E-state index contributed by atoms with van der Waals surface area (Å²) in [4.78, 5) is 18.1. The number of ether oxygens (including phenoxy) is 1. The van der Waals surface area contributed by atoms with Crippen molar-refractivity contribution >= 4 is 16.1 Å². The average Bonchev–Trinajstić information content (AvgIpc) is 3.22. The van der Waals surface area contributed by atoms with Gasteiger partial charge < -0.3 is 4.74 Å². The molecule has 1 amide bonds. The number of carbonyl (C=O) groups is 1. The maximum absolute atomic E-state index is 12.8. The molecule has 0 radical (unpaired) electrons. The van der Waals surface area contributed by atoms with Crippen molar-refractivity contribution in [3.63, 3.8) is 0 Å². The van der Waals surface area contributed by atoms with Gasteiger partial charge in [-0.05, 0) is 45.7 Å². The molecule has 0 aromatic carbocycles. The molecule has 9 heteroatoms. The highest BCUT2D eigenvalue weighted by atomic mass is 32.2. The lowest BCUT2D eigenvalue weighted by molar-refractivity contribution is 0.0239. The van der Waals surface area contributed by atoms with Crippen LogP contribution >= 0.6 is 0 Å². The fourth-order valence-electron chi connectivity index (χ4n) is 2.98. The van der Waals surface area contributed by atoms with Crippen LogP contribution in [-0.2, 0) is 27.8 Å². The first-order valence-electron chi connectivity index (χ1n) is 8.90. The zero-order valence-electron chi connectivity index (χ0n) is 15.5. The van der Waals surface area contributed by atoms with Gasteiger partial charge in [0.2, 0.25) is 0 Å². The minimum atomic E-state index is -3.80. The number of aromatic nitrogens is 3. The Labute approximate surface area is 158 Å². The maximum atomic E-state index is 12.8. The van der Waals surface area contributed by atoms with Crippen molar-refractivity contribution in [1.29, 1.82) is 0 Å². The lowest BCUT2D eigenvalue weighted by atomic mass is 10.2. The Morgan fingerprint density at radius 2 is 1.96 bits per heavy atom. The molecule has 0 unspecified atom stereocenters. The standard InChI is InChI=1S/C18H22N4O4S/c1-18(2,3)26-17(23)21-9-13-10-22(20-16(13)11-21)27(24,25)14-6-7-15(19-8-14)12-4-5-12/h6-8,10,12H,4-5,9,11H2,1-3H3. The summed E-state index contributed by atoms with van der Waals surface area (Å²) in [6.45, 7) is 5.91. The van der Waals surface area contributed by atoms with Crippen LogP contribution in [0.2, 0.25) is 0 Å². The summed E-state index contributed by atoms with van der Waals surface area (Å²) in [6, 6.07) is 3.35. The third-order valence-electron chi connectivity index (χ3n) is 4.51. The Bertz CT molecular complexity index is 962. The van der Waals surface area contributed by atoms with Crippen molar-refractivity contribution in [3.8, 4) is 0 Å². The van der Waals surface area contributed by atoms with E-state index in [9.17, 15) is 13.2 Å². The quantitative estimate of drug-likeness (QED) is 0.800. The van der Waals surface area contributed by atoms with Gasteiger partial charge in [0.1, 0.15) is 10.5 Å². The van der Waals surface area contributed by atoms with E-state index in [1.807, 2.05) is 0 Å². The van der Waals surface area contributed by atoms with Gasteiger partial charge in [-0.15, -0.1) is 0 Å². The van der Waals surface area contributed by atoms with Gasteiger partial charge in [0, 0.05) is 29.6 Å². The number of hydrogen-bond donors (Lipinski definition) is 0. The van der Waals surface area contributed by atoms with Crippen LogP contribution in [0.5, 0.6) is 0 Å². The topological polar surface area (TPSA) is 94.4 Å². The van der Waals surface area contributed by atoms with E-state index < -0.39 is 21.7 Å². The molecule has 0 spiro atoms. The Morgan fingerprint density at radius 1 is 1.22 bits per heavy atom. The molecule has 0 atom stereocenters. The predicted octanol–water partition coefficient (Wildman–Crippen LogP) is 2.64. The number of fused-ring (bicyclic) bond motifs is 1. The molecule has 8 nitrogen and oxygen atoms in total. The van der Waals surface area contributed by atoms with Gasteiger partial charge in [-0.1, -0.05) is 0 Å². The monoisotopic (exact) mass is 390 g/mol. The van der Waals surface area contributed by atoms with E-state index >= 15 is 0 Å². The van der Waals surface area contributed by atoms with Gasteiger partial charge in [0.05, 0.1) is 18.8 Å². The Kier molecular flexibility index (Phi) is 4.03. The number of carbonyl (C=O) groups excluding carboxylic acids is 1. The Morgan fingerprint density at radius 3 is 2.52 bits per heavy atom. The molecular formula is C18H22N4O4S. The zero-order valence-corrected chi connectivity index (χ0v) is 16.4. The van der Waals surface area contributed by atoms with Crippen LogP contribution in [0, 0.1) is 0 Å². The van der Waals surface area contributed by atoms with E-state index in [2.05, 4.69) is 10.1 Å². The molecule has 2 aliphatic rings. The SMILES string of the molecule is CC(C)(C)OC(=O)N1Cc2cn(S(=O)(=O)c3ccc(C4CC4)nc3)nc2C1. The highest BCUT2D eigenvalue weighted by Crippen LogP contribution is 2.39. The van der Waals surface area contributed by atoms with Crippen molar-refractivity contribution < 1.29 is 17.9 Å².